The number of hydrogen-bond donors (Lipinski definition) is 2. The first-order valence-corrected chi connectivity index (χ1v) is 10.8. The third-order valence-corrected chi connectivity index (χ3v) is 5.64. The van der Waals surface area contributed by atoms with E-state index in [1.165, 1.54) is 0 Å². The Labute approximate surface area is 187 Å². The van der Waals surface area contributed by atoms with Crippen LogP contribution in [0.25, 0.3) is 17.0 Å². The fourth-order valence-electron chi connectivity index (χ4n) is 3.74. The van der Waals surface area contributed by atoms with Gasteiger partial charge in [-0.3, -0.25) is 14.6 Å². The van der Waals surface area contributed by atoms with E-state index in [0.29, 0.717) is 31.4 Å². The molecule has 0 spiro atoms. The summed E-state index contributed by atoms with van der Waals surface area (Å²) in [5, 5.41) is 13.5. The summed E-state index contributed by atoms with van der Waals surface area (Å²) in [7, 11) is 0. The maximum Gasteiger partial charge on any atom is 0.408 e. The van der Waals surface area contributed by atoms with Crippen LogP contribution in [0.2, 0.25) is 0 Å². The second kappa shape index (κ2) is 9.10. The fourth-order valence-corrected chi connectivity index (χ4v) is 3.74. The molecule has 1 heterocycles. The van der Waals surface area contributed by atoms with Crippen molar-refractivity contribution in [3.63, 3.8) is 0 Å². The molecule has 1 aliphatic carbocycles. The first kappa shape index (κ1) is 23.4. The number of aliphatic carboxylic acids is 1. The molecule has 0 radical (unpaired) electrons. The molecule has 0 unspecified atom stereocenters. The van der Waals surface area contributed by atoms with Crippen molar-refractivity contribution < 1.29 is 24.2 Å². The molecule has 0 aliphatic heterocycles. The van der Waals surface area contributed by atoms with Gasteiger partial charge in [0.2, 0.25) is 0 Å². The van der Waals surface area contributed by atoms with E-state index in [4.69, 9.17) is 4.74 Å². The van der Waals surface area contributed by atoms with Gasteiger partial charge in [0.1, 0.15) is 11.4 Å². The van der Waals surface area contributed by atoms with Gasteiger partial charge in [0.15, 0.2) is 0 Å². The summed E-state index contributed by atoms with van der Waals surface area (Å²) in [5.74, 6) is -0.781. The van der Waals surface area contributed by atoms with Gasteiger partial charge in [0.25, 0.3) is 0 Å². The molecule has 7 heteroatoms. The maximum atomic E-state index is 12.1. The Morgan fingerprint density at radius 2 is 1.84 bits per heavy atom. The smallest absolute Gasteiger partial charge is 0.408 e. The minimum absolute atomic E-state index is 0.117. The average Bonchev–Trinajstić information content (AvgIpc) is 2.71. The minimum Gasteiger partial charge on any atom is -0.481 e. The van der Waals surface area contributed by atoms with Gasteiger partial charge in [-0.2, -0.15) is 0 Å². The number of nitrogens with zero attached hydrogens (tertiary/aromatic N) is 1. The van der Waals surface area contributed by atoms with Crippen molar-refractivity contribution in [1.82, 2.24) is 10.3 Å². The highest BCUT2D eigenvalue weighted by Crippen LogP contribution is 2.37. The van der Waals surface area contributed by atoms with Gasteiger partial charge in [-0.25, -0.2) is 4.79 Å². The quantitative estimate of drug-likeness (QED) is 0.677. The molecule has 170 valence electrons. The lowest BCUT2D eigenvalue weighted by atomic mass is 9.73. The number of rotatable bonds is 5. The Kier molecular flexibility index (Phi) is 6.67. The van der Waals surface area contributed by atoms with Crippen LogP contribution in [0.4, 0.5) is 4.79 Å². The molecule has 1 amide bonds. The summed E-state index contributed by atoms with van der Waals surface area (Å²) in [6, 6.07) is 9.17. The number of amides is 1. The van der Waals surface area contributed by atoms with Crippen LogP contribution in [-0.4, -0.2) is 33.5 Å². The number of benzene rings is 1. The number of aromatic nitrogens is 1. The second-order valence-corrected chi connectivity index (χ2v) is 9.39. The lowest BCUT2D eigenvalue weighted by molar-refractivity contribution is -0.148. The third-order valence-electron chi connectivity index (χ3n) is 5.64. The van der Waals surface area contributed by atoms with Crippen molar-refractivity contribution >= 4 is 34.8 Å². The fraction of sp³-hybridized carbons (Fsp3) is 0.440. The molecule has 0 bridgehead atoms. The van der Waals surface area contributed by atoms with Crippen LogP contribution < -0.4 is 5.32 Å². The normalized spacial score (nSPS) is 17.3. The van der Waals surface area contributed by atoms with E-state index in [1.54, 1.807) is 32.9 Å². The van der Waals surface area contributed by atoms with Gasteiger partial charge >= 0.3 is 12.1 Å². The van der Waals surface area contributed by atoms with Crippen LogP contribution in [0.5, 0.6) is 0 Å². The Balaban J connectivity index is 1.80. The molecule has 3 rings (SSSR count). The standard InChI is InChI=1S/C25H30N2O5/c1-16(26-23(31)32-24(2,3)4)20-8-7-18-6-5-17(15-21(18)27-20)9-12-25(22(29)30)13-10-19(28)11-14-25/h5-9,12,15-16H,10-11,13-14H2,1-4H3,(H,26,31)(H,29,30)/b12-9+/t16-/m1/s1. The molecule has 0 saturated heterocycles. The predicted molar refractivity (Wildman–Crippen MR) is 122 cm³/mol. The van der Waals surface area contributed by atoms with E-state index in [1.807, 2.05) is 37.3 Å². The lowest BCUT2D eigenvalue weighted by Crippen LogP contribution is -2.34. The van der Waals surface area contributed by atoms with Crippen molar-refractivity contribution in [2.45, 2.75) is 65.0 Å². The van der Waals surface area contributed by atoms with Crippen molar-refractivity contribution in [3.05, 3.63) is 47.7 Å². The van der Waals surface area contributed by atoms with Crippen LogP contribution in [-0.2, 0) is 14.3 Å². The van der Waals surface area contributed by atoms with Gasteiger partial charge in [-0.05, 0) is 58.2 Å². The van der Waals surface area contributed by atoms with Gasteiger partial charge in [-0.15, -0.1) is 0 Å². The van der Waals surface area contributed by atoms with E-state index < -0.39 is 23.1 Å². The number of hydrogen-bond acceptors (Lipinski definition) is 5. The number of ether oxygens (including phenoxy) is 1. The number of carboxylic acid groups (broad SMARTS) is 1. The zero-order valence-corrected chi connectivity index (χ0v) is 19.0. The molecule has 7 nitrogen and oxygen atoms in total. The maximum absolute atomic E-state index is 12.1. The van der Waals surface area contributed by atoms with Gasteiger partial charge < -0.3 is 15.2 Å². The molecule has 1 aromatic heterocycles. The number of nitrogens with one attached hydrogen (secondary N) is 1. The third kappa shape index (κ3) is 5.72. The van der Waals surface area contributed by atoms with Gasteiger partial charge in [-0.1, -0.05) is 30.4 Å². The van der Waals surface area contributed by atoms with Crippen molar-refractivity contribution in [2.75, 3.05) is 0 Å². The topological polar surface area (TPSA) is 106 Å². The summed E-state index contributed by atoms with van der Waals surface area (Å²) in [6.45, 7) is 7.25. The van der Waals surface area contributed by atoms with E-state index >= 15 is 0 Å². The number of carboxylic acids is 1. The summed E-state index contributed by atoms with van der Waals surface area (Å²) in [4.78, 5) is 40.2. The largest absolute Gasteiger partial charge is 0.481 e. The molecule has 2 aromatic rings. The van der Waals surface area contributed by atoms with Crippen molar-refractivity contribution in [3.8, 4) is 0 Å². The second-order valence-electron chi connectivity index (χ2n) is 9.39. The predicted octanol–water partition coefficient (Wildman–Crippen LogP) is 5.05. The average molecular weight is 439 g/mol. The molecular weight excluding hydrogens is 408 g/mol. The highest BCUT2D eigenvalue weighted by atomic mass is 16.6. The first-order valence-electron chi connectivity index (χ1n) is 10.8. The highest BCUT2D eigenvalue weighted by molar-refractivity contribution is 5.86. The van der Waals surface area contributed by atoms with E-state index in [-0.39, 0.29) is 11.8 Å². The number of carbonyl (C=O) groups is 3. The summed E-state index contributed by atoms with van der Waals surface area (Å²) in [6.07, 6.45) is 4.22. The van der Waals surface area contributed by atoms with Gasteiger partial charge in [0.05, 0.1) is 22.7 Å². The molecule has 1 aromatic carbocycles. The molecule has 1 aliphatic rings. The molecule has 32 heavy (non-hydrogen) atoms. The van der Waals surface area contributed by atoms with Crippen LogP contribution in [0.3, 0.4) is 0 Å². The van der Waals surface area contributed by atoms with Crippen LogP contribution in [0.15, 0.2) is 36.4 Å². The monoisotopic (exact) mass is 438 g/mol. The Morgan fingerprint density at radius 3 is 2.47 bits per heavy atom. The first-order chi connectivity index (χ1) is 15.0. The Bertz CT molecular complexity index is 1060. The van der Waals surface area contributed by atoms with Crippen LogP contribution >= 0.6 is 0 Å². The number of Topliss-reactive ketones (excluding diaryl/α,β-unsaturated/α-hetero) is 1. The number of alkyl carbamates (subject to hydrolysis) is 1. The number of fused-ring (bicyclic) bond motifs is 1. The van der Waals surface area contributed by atoms with Crippen LogP contribution in [0.1, 0.15) is 70.7 Å². The zero-order chi connectivity index (χ0) is 23.5. The van der Waals surface area contributed by atoms with E-state index in [9.17, 15) is 19.5 Å². The molecule has 1 saturated carbocycles. The molecule has 1 fully saturated rings. The summed E-state index contributed by atoms with van der Waals surface area (Å²) >= 11 is 0. The summed E-state index contributed by atoms with van der Waals surface area (Å²) in [5.41, 5.74) is 0.667. The van der Waals surface area contributed by atoms with Gasteiger partial charge in [0, 0.05) is 18.2 Å². The van der Waals surface area contributed by atoms with Crippen molar-refractivity contribution in [2.24, 2.45) is 5.41 Å². The van der Waals surface area contributed by atoms with Crippen LogP contribution in [0, 0.1) is 5.41 Å². The molecule has 2 N–H and O–H groups in total. The molecule has 1 atom stereocenters. The number of ketones is 1. The van der Waals surface area contributed by atoms with E-state index in [0.717, 1.165) is 16.5 Å². The van der Waals surface area contributed by atoms with E-state index in [2.05, 4.69) is 10.3 Å². The molecular formula is C25H30N2O5. The zero-order valence-electron chi connectivity index (χ0n) is 19.0. The SMILES string of the molecule is C[C@@H](NC(=O)OC(C)(C)C)c1ccc2ccc(/C=C/C3(C(=O)O)CCC(=O)CC3)cc2n1. The minimum atomic E-state index is -1.01. The van der Waals surface area contributed by atoms with Crippen molar-refractivity contribution in [1.29, 1.82) is 0 Å². The summed E-state index contributed by atoms with van der Waals surface area (Å²) < 4.78 is 5.31. The number of carbonyl (C=O) groups excluding carboxylic acids is 2. The Hall–Kier alpha value is -3.22. The lowest BCUT2D eigenvalue weighted by Gasteiger charge is -2.29. The Morgan fingerprint density at radius 1 is 1.19 bits per heavy atom. The number of pyridine rings is 1. The highest BCUT2D eigenvalue weighted by Gasteiger charge is 2.39.